The largest absolute Gasteiger partial charge is 0.394 e. The van der Waals surface area contributed by atoms with Gasteiger partial charge in [-0.15, -0.1) is 0 Å². The summed E-state index contributed by atoms with van der Waals surface area (Å²) in [5, 5.41) is 26.0. The molecule has 1 aromatic carbocycles. The lowest BCUT2D eigenvalue weighted by Gasteiger charge is -2.17. The van der Waals surface area contributed by atoms with Crippen LogP contribution in [-0.2, 0) is 9.59 Å². The molecule has 0 radical (unpaired) electrons. The summed E-state index contributed by atoms with van der Waals surface area (Å²) in [7, 11) is 0. The van der Waals surface area contributed by atoms with E-state index in [1.54, 1.807) is 6.07 Å². The minimum Gasteiger partial charge on any atom is -0.394 e. The number of rotatable bonds is 6. The molecular weight excluding hydrogens is 340 g/mol. The van der Waals surface area contributed by atoms with Crippen molar-refractivity contribution in [2.75, 3.05) is 18.5 Å². The Morgan fingerprint density at radius 1 is 1.31 bits per heavy atom. The van der Waals surface area contributed by atoms with Gasteiger partial charge in [-0.2, -0.15) is 5.10 Å². The van der Waals surface area contributed by atoms with Crippen molar-refractivity contribution in [3.05, 3.63) is 36.4 Å². The van der Waals surface area contributed by atoms with E-state index in [1.807, 2.05) is 30.3 Å². The number of nitrogens with zero attached hydrogens (tertiary/aromatic N) is 1. The molecule has 26 heavy (non-hydrogen) atoms. The zero-order chi connectivity index (χ0) is 18.5. The van der Waals surface area contributed by atoms with Gasteiger partial charge in [0.05, 0.1) is 12.3 Å². The van der Waals surface area contributed by atoms with Crippen LogP contribution < -0.4 is 21.3 Å². The zero-order valence-corrected chi connectivity index (χ0v) is 13.7. The average molecular weight is 358 g/mol. The number of anilines is 1. The van der Waals surface area contributed by atoms with E-state index in [-0.39, 0.29) is 12.4 Å². The van der Waals surface area contributed by atoms with E-state index in [2.05, 4.69) is 31.5 Å². The first-order chi connectivity index (χ1) is 12.6. The van der Waals surface area contributed by atoms with Crippen LogP contribution in [0.25, 0.3) is 11.3 Å². The average Bonchev–Trinajstić information content (AvgIpc) is 3.29. The molecule has 1 saturated heterocycles. The summed E-state index contributed by atoms with van der Waals surface area (Å²) in [6.45, 7) is -0.480. The van der Waals surface area contributed by atoms with Gasteiger partial charge in [-0.1, -0.05) is 30.3 Å². The maximum absolute atomic E-state index is 12.3. The Bertz CT molecular complexity index is 806. The molecule has 1 aromatic heterocycles. The summed E-state index contributed by atoms with van der Waals surface area (Å²) < 4.78 is 0. The third kappa shape index (κ3) is 3.98. The number of aliphatic hydroxyl groups excluding tert-OH is 1. The fraction of sp³-hybridized carbons (Fsp3) is 0.250. The van der Waals surface area contributed by atoms with Gasteiger partial charge >= 0.3 is 6.03 Å². The van der Waals surface area contributed by atoms with Crippen LogP contribution in [0.2, 0.25) is 0 Å². The number of nitrogens with one attached hydrogen (secondary N) is 5. The molecule has 6 N–H and O–H groups in total. The van der Waals surface area contributed by atoms with Crippen LogP contribution in [-0.4, -0.2) is 58.4 Å². The number of carbonyl (C=O) groups is 3. The van der Waals surface area contributed by atoms with Crippen molar-refractivity contribution in [3.63, 3.8) is 0 Å². The van der Waals surface area contributed by atoms with Crippen LogP contribution in [0.1, 0.15) is 0 Å². The summed E-state index contributed by atoms with van der Waals surface area (Å²) in [4.78, 5) is 35.4. The number of aliphatic hydroxyl groups is 1. The van der Waals surface area contributed by atoms with E-state index in [9.17, 15) is 19.5 Å². The van der Waals surface area contributed by atoms with Crippen LogP contribution in [0.5, 0.6) is 0 Å². The van der Waals surface area contributed by atoms with Crippen LogP contribution in [0.15, 0.2) is 36.4 Å². The molecule has 2 aromatic rings. The summed E-state index contributed by atoms with van der Waals surface area (Å²) in [6, 6.07) is 8.64. The lowest BCUT2D eigenvalue weighted by molar-refractivity contribution is -0.128. The van der Waals surface area contributed by atoms with E-state index in [0.717, 1.165) is 5.56 Å². The lowest BCUT2D eigenvalue weighted by atomic mass is 10.1. The minimum atomic E-state index is -1.17. The second-order valence-corrected chi connectivity index (χ2v) is 5.67. The quantitative estimate of drug-likeness (QED) is 0.399. The van der Waals surface area contributed by atoms with Gasteiger partial charge in [0.1, 0.15) is 12.1 Å². The third-order valence-electron chi connectivity index (χ3n) is 3.82. The van der Waals surface area contributed by atoms with Gasteiger partial charge in [-0.05, 0) is 5.56 Å². The Hall–Kier alpha value is -3.40. The van der Waals surface area contributed by atoms with Gasteiger partial charge in [0.25, 0.3) is 5.91 Å². The van der Waals surface area contributed by atoms with Crippen molar-refractivity contribution in [1.82, 2.24) is 26.1 Å². The molecule has 1 fully saturated rings. The molecule has 3 rings (SSSR count). The van der Waals surface area contributed by atoms with Gasteiger partial charge in [-0.3, -0.25) is 14.7 Å². The predicted octanol–water partition coefficient (Wildman–Crippen LogP) is -0.826. The molecule has 0 bridgehead atoms. The third-order valence-corrected chi connectivity index (χ3v) is 3.82. The zero-order valence-electron chi connectivity index (χ0n) is 13.7. The number of hydrogen-bond donors (Lipinski definition) is 6. The minimum absolute atomic E-state index is 0.115. The first kappa shape index (κ1) is 17.4. The summed E-state index contributed by atoms with van der Waals surface area (Å²) >= 11 is 0. The van der Waals surface area contributed by atoms with E-state index < -0.39 is 36.5 Å². The molecule has 0 aliphatic carbocycles. The number of aromatic nitrogens is 2. The molecule has 2 heterocycles. The van der Waals surface area contributed by atoms with E-state index >= 15 is 0 Å². The number of benzene rings is 1. The molecule has 0 saturated carbocycles. The van der Waals surface area contributed by atoms with Crippen molar-refractivity contribution >= 4 is 23.7 Å². The predicted molar refractivity (Wildman–Crippen MR) is 92.0 cm³/mol. The number of hydrogen-bond acceptors (Lipinski definition) is 5. The van der Waals surface area contributed by atoms with Crippen LogP contribution >= 0.6 is 0 Å². The Morgan fingerprint density at radius 2 is 2.08 bits per heavy atom. The Kier molecular flexibility index (Phi) is 5.13. The Balaban J connectivity index is 1.60. The maximum Gasteiger partial charge on any atom is 0.315 e. The van der Waals surface area contributed by atoms with Crippen molar-refractivity contribution < 1.29 is 19.5 Å². The monoisotopic (exact) mass is 358 g/mol. The standard InChI is InChI=1S/C16H18N6O4/c23-8-12(18-14(24)11-7-17-16(26)19-11)15(25)20-13-6-10(21-22-13)9-4-2-1-3-5-9/h1-6,11-12,23H,7-8H2,(H,18,24)(H2,17,19,26)(H2,20,21,22,25)/t11?,12-/m0/s1. The highest BCUT2D eigenvalue weighted by Gasteiger charge is 2.30. The fourth-order valence-corrected chi connectivity index (χ4v) is 2.44. The highest BCUT2D eigenvalue weighted by atomic mass is 16.3. The molecule has 1 unspecified atom stereocenters. The second-order valence-electron chi connectivity index (χ2n) is 5.67. The van der Waals surface area contributed by atoms with Crippen LogP contribution in [0.4, 0.5) is 10.6 Å². The number of carbonyl (C=O) groups excluding carboxylic acids is 3. The summed E-state index contributed by atoms with van der Waals surface area (Å²) in [6.07, 6.45) is 0. The maximum atomic E-state index is 12.3. The van der Waals surface area contributed by atoms with Gasteiger partial charge in [0, 0.05) is 12.6 Å². The Labute approximate surface area is 148 Å². The molecule has 136 valence electrons. The number of H-pyrrole nitrogens is 1. The number of amides is 4. The Morgan fingerprint density at radius 3 is 2.73 bits per heavy atom. The van der Waals surface area contributed by atoms with Crippen LogP contribution in [0, 0.1) is 0 Å². The SMILES string of the molecule is O=C1NCC(C(=O)N[C@@H](CO)C(=O)Nc2cc(-c3ccccc3)[nH]n2)N1. The van der Waals surface area contributed by atoms with Gasteiger partial charge < -0.3 is 26.4 Å². The molecule has 2 atom stereocenters. The van der Waals surface area contributed by atoms with Gasteiger partial charge in [0.2, 0.25) is 5.91 Å². The van der Waals surface area contributed by atoms with Crippen LogP contribution in [0.3, 0.4) is 0 Å². The van der Waals surface area contributed by atoms with Gasteiger partial charge in [-0.25, -0.2) is 4.79 Å². The molecule has 10 heteroatoms. The molecule has 4 amide bonds. The topological polar surface area (TPSA) is 148 Å². The number of urea groups is 1. The molecule has 1 aliphatic heterocycles. The fourth-order valence-electron chi connectivity index (χ4n) is 2.44. The number of aromatic amines is 1. The smallest absolute Gasteiger partial charge is 0.315 e. The van der Waals surface area contributed by atoms with E-state index in [0.29, 0.717) is 5.69 Å². The van der Waals surface area contributed by atoms with Gasteiger partial charge in [0.15, 0.2) is 5.82 Å². The van der Waals surface area contributed by atoms with Crippen molar-refractivity contribution in [1.29, 1.82) is 0 Å². The first-order valence-corrected chi connectivity index (χ1v) is 7.94. The molecular formula is C16H18N6O4. The van der Waals surface area contributed by atoms with Crippen molar-refractivity contribution in [2.24, 2.45) is 0 Å². The molecule has 0 spiro atoms. The summed E-state index contributed by atoms with van der Waals surface area (Å²) in [5.41, 5.74) is 1.61. The lowest BCUT2D eigenvalue weighted by Crippen LogP contribution is -2.52. The van der Waals surface area contributed by atoms with E-state index in [1.165, 1.54) is 0 Å². The second kappa shape index (κ2) is 7.66. The van der Waals surface area contributed by atoms with Crippen molar-refractivity contribution in [3.8, 4) is 11.3 Å². The first-order valence-electron chi connectivity index (χ1n) is 7.94. The summed E-state index contributed by atoms with van der Waals surface area (Å²) in [5.74, 6) is -0.925. The highest BCUT2D eigenvalue weighted by Crippen LogP contribution is 2.19. The normalized spacial score (nSPS) is 17.1. The van der Waals surface area contributed by atoms with Crippen molar-refractivity contribution in [2.45, 2.75) is 12.1 Å². The molecule has 1 aliphatic rings. The highest BCUT2D eigenvalue weighted by molar-refractivity contribution is 5.98. The van der Waals surface area contributed by atoms with E-state index in [4.69, 9.17) is 0 Å². The molecule has 10 nitrogen and oxygen atoms in total.